The quantitative estimate of drug-likeness (QED) is 0.342. The lowest BCUT2D eigenvalue weighted by atomic mass is 10.0. The van der Waals surface area contributed by atoms with Crippen LogP contribution >= 0.6 is 0 Å². The molecule has 0 radical (unpaired) electrons. The Hall–Kier alpha value is -4.21. The number of rotatable bonds is 9. The average molecular weight is 435 g/mol. The second kappa shape index (κ2) is 9.73. The number of nitrogens with two attached hydrogens (primary N) is 2. The van der Waals surface area contributed by atoms with Gasteiger partial charge in [-0.1, -0.05) is 26.0 Å². The largest absolute Gasteiger partial charge is 0.368 e. The maximum atomic E-state index is 12.6. The molecular weight excluding hydrogens is 410 g/mol. The Kier molecular flexibility index (Phi) is 6.83. The Labute approximate surface area is 184 Å². The summed E-state index contributed by atoms with van der Waals surface area (Å²) in [6, 6.07) is 10.3. The molecule has 166 valence electrons. The molecule has 0 aliphatic rings. The fourth-order valence-corrected chi connectivity index (χ4v) is 3.20. The molecule has 3 rings (SSSR count). The van der Waals surface area contributed by atoms with Crippen molar-refractivity contribution >= 4 is 29.3 Å². The Balaban J connectivity index is 1.97. The van der Waals surface area contributed by atoms with Gasteiger partial charge in [-0.05, 0) is 47.7 Å². The van der Waals surface area contributed by atoms with Crippen molar-refractivity contribution in [2.75, 3.05) is 10.6 Å². The van der Waals surface area contributed by atoms with Crippen molar-refractivity contribution in [3.05, 3.63) is 64.7 Å². The van der Waals surface area contributed by atoms with E-state index in [0.717, 1.165) is 11.1 Å². The van der Waals surface area contributed by atoms with Crippen molar-refractivity contribution in [1.82, 2.24) is 15.0 Å². The van der Waals surface area contributed by atoms with E-state index < -0.39 is 23.4 Å². The number of H-pyrrole nitrogens is 1. The third kappa shape index (κ3) is 5.48. The number of hydrogen-bond donors (Lipinski definition) is 5. The minimum absolute atomic E-state index is 0.00256. The zero-order valence-electron chi connectivity index (χ0n) is 17.8. The van der Waals surface area contributed by atoms with Gasteiger partial charge < -0.3 is 22.1 Å². The van der Waals surface area contributed by atoms with Gasteiger partial charge in [-0.15, -0.1) is 0 Å². The summed E-state index contributed by atoms with van der Waals surface area (Å²) >= 11 is 0. The van der Waals surface area contributed by atoms with Gasteiger partial charge in [0.25, 0.3) is 11.5 Å². The molecule has 0 fully saturated rings. The summed E-state index contributed by atoms with van der Waals surface area (Å²) in [6.07, 6.45) is 3.81. The van der Waals surface area contributed by atoms with Crippen molar-refractivity contribution in [2.24, 2.45) is 17.4 Å². The molecule has 0 aliphatic carbocycles. The van der Waals surface area contributed by atoms with Crippen LogP contribution in [0, 0.1) is 5.92 Å². The summed E-state index contributed by atoms with van der Waals surface area (Å²) in [7, 11) is 0. The number of nitrogens with zero attached hydrogens (tertiary/aromatic N) is 2. The van der Waals surface area contributed by atoms with Crippen LogP contribution in [0.5, 0.6) is 0 Å². The number of aromatic nitrogens is 3. The first-order chi connectivity index (χ1) is 15.2. The lowest BCUT2D eigenvalue weighted by Crippen LogP contribution is -2.38. The highest BCUT2D eigenvalue weighted by Gasteiger charge is 2.21. The summed E-state index contributed by atoms with van der Waals surface area (Å²) in [5.74, 6) is -1.39. The second-order valence-corrected chi connectivity index (χ2v) is 7.67. The summed E-state index contributed by atoms with van der Waals surface area (Å²) in [6.45, 7) is 3.87. The van der Waals surface area contributed by atoms with Gasteiger partial charge in [0.1, 0.15) is 11.6 Å². The first-order valence-corrected chi connectivity index (χ1v) is 10.0. The van der Waals surface area contributed by atoms with E-state index in [2.05, 4.69) is 25.6 Å². The number of primary amides is 2. The van der Waals surface area contributed by atoms with Crippen LogP contribution in [-0.2, 0) is 4.79 Å². The highest BCUT2D eigenvalue weighted by atomic mass is 16.2. The molecule has 1 aromatic carbocycles. The minimum Gasteiger partial charge on any atom is -0.368 e. The number of carbonyl (C=O) groups excluding carboxylic acids is 2. The van der Waals surface area contributed by atoms with Crippen LogP contribution in [0.4, 0.5) is 17.5 Å². The third-order valence-corrected chi connectivity index (χ3v) is 4.67. The van der Waals surface area contributed by atoms with Gasteiger partial charge in [0.2, 0.25) is 11.9 Å². The molecule has 10 heteroatoms. The van der Waals surface area contributed by atoms with E-state index in [1.54, 1.807) is 18.5 Å². The molecule has 10 nitrogen and oxygen atoms in total. The summed E-state index contributed by atoms with van der Waals surface area (Å²) in [5, 5.41) is 5.82. The van der Waals surface area contributed by atoms with Crippen LogP contribution in [-0.4, -0.2) is 32.8 Å². The van der Waals surface area contributed by atoms with E-state index in [1.165, 1.54) is 0 Å². The molecule has 0 spiro atoms. The zero-order valence-corrected chi connectivity index (χ0v) is 17.8. The molecule has 7 N–H and O–H groups in total. The maximum absolute atomic E-state index is 12.6. The first-order valence-electron chi connectivity index (χ1n) is 10.0. The van der Waals surface area contributed by atoms with Gasteiger partial charge in [0, 0.05) is 18.1 Å². The number of anilines is 3. The molecule has 32 heavy (non-hydrogen) atoms. The highest BCUT2D eigenvalue weighted by Crippen LogP contribution is 2.25. The predicted molar refractivity (Wildman–Crippen MR) is 122 cm³/mol. The number of hydrogen-bond acceptors (Lipinski definition) is 7. The van der Waals surface area contributed by atoms with Gasteiger partial charge in [-0.3, -0.25) is 24.4 Å². The number of carbonyl (C=O) groups is 2. The van der Waals surface area contributed by atoms with Crippen molar-refractivity contribution < 1.29 is 9.59 Å². The van der Waals surface area contributed by atoms with E-state index in [9.17, 15) is 14.4 Å². The van der Waals surface area contributed by atoms with Crippen molar-refractivity contribution in [2.45, 2.75) is 26.3 Å². The summed E-state index contributed by atoms with van der Waals surface area (Å²) in [4.78, 5) is 47.0. The second-order valence-electron chi connectivity index (χ2n) is 7.67. The number of amides is 2. The van der Waals surface area contributed by atoms with Crippen LogP contribution in [0.1, 0.15) is 30.6 Å². The van der Waals surface area contributed by atoms with Gasteiger partial charge >= 0.3 is 0 Å². The van der Waals surface area contributed by atoms with Crippen LogP contribution in [0.15, 0.2) is 53.6 Å². The number of pyridine rings is 1. The lowest BCUT2D eigenvalue weighted by molar-refractivity contribution is -0.119. The topological polar surface area (TPSA) is 169 Å². The van der Waals surface area contributed by atoms with Crippen LogP contribution in [0.25, 0.3) is 11.1 Å². The van der Waals surface area contributed by atoms with Crippen molar-refractivity contribution in [3.63, 3.8) is 0 Å². The lowest BCUT2D eigenvalue weighted by Gasteiger charge is -2.18. The Morgan fingerprint density at radius 3 is 2.44 bits per heavy atom. The van der Waals surface area contributed by atoms with E-state index in [-0.39, 0.29) is 23.2 Å². The van der Waals surface area contributed by atoms with Gasteiger partial charge in [0.15, 0.2) is 5.82 Å². The normalized spacial score (nSPS) is 11.7. The highest BCUT2D eigenvalue weighted by molar-refractivity contribution is 5.98. The number of benzene rings is 1. The standard InChI is InChI=1S/C22H25N7O3/c1-12(2)10-16(18(23)30)27-22-28-20(17(19(24)31)21(32)29-22)26-15-5-3-4-14(11-15)13-6-8-25-9-7-13/h3-9,11-12,16H,10H2,1-2H3,(H2,23,30)(H2,24,31)(H3,26,27,28,29,32). The molecule has 1 unspecified atom stereocenters. The molecule has 0 saturated carbocycles. The Morgan fingerprint density at radius 1 is 1.09 bits per heavy atom. The minimum atomic E-state index is -0.938. The van der Waals surface area contributed by atoms with E-state index >= 15 is 0 Å². The van der Waals surface area contributed by atoms with Crippen molar-refractivity contribution in [3.8, 4) is 11.1 Å². The van der Waals surface area contributed by atoms with Crippen LogP contribution in [0.3, 0.4) is 0 Å². The SMILES string of the molecule is CC(C)CC(Nc1nc(Nc2cccc(-c3ccncc3)c2)c(C(N)=O)c(=O)[nH]1)C(N)=O. The first kappa shape index (κ1) is 22.5. The molecule has 0 saturated heterocycles. The fraction of sp³-hybridized carbons (Fsp3) is 0.227. The van der Waals surface area contributed by atoms with E-state index in [4.69, 9.17) is 11.5 Å². The molecule has 1 atom stereocenters. The van der Waals surface area contributed by atoms with Crippen molar-refractivity contribution in [1.29, 1.82) is 0 Å². The van der Waals surface area contributed by atoms with Gasteiger partial charge in [-0.25, -0.2) is 0 Å². The van der Waals surface area contributed by atoms with Crippen LogP contribution < -0.4 is 27.7 Å². The zero-order chi connectivity index (χ0) is 23.3. The predicted octanol–water partition coefficient (Wildman–Crippen LogP) is 1.99. The Bertz CT molecular complexity index is 1180. The number of nitrogens with one attached hydrogen (secondary N) is 3. The molecule has 0 bridgehead atoms. The van der Waals surface area contributed by atoms with Gasteiger partial charge in [0.05, 0.1) is 0 Å². The third-order valence-electron chi connectivity index (χ3n) is 4.67. The maximum Gasteiger partial charge on any atom is 0.267 e. The Morgan fingerprint density at radius 2 is 1.81 bits per heavy atom. The molecule has 2 heterocycles. The molecule has 0 aliphatic heterocycles. The summed E-state index contributed by atoms with van der Waals surface area (Å²) < 4.78 is 0. The fourth-order valence-electron chi connectivity index (χ4n) is 3.20. The number of aromatic amines is 1. The average Bonchev–Trinajstić information content (AvgIpc) is 2.73. The molecule has 3 aromatic rings. The van der Waals surface area contributed by atoms with E-state index in [0.29, 0.717) is 12.1 Å². The molecule has 2 amide bonds. The van der Waals surface area contributed by atoms with Gasteiger partial charge in [-0.2, -0.15) is 4.98 Å². The molecule has 2 aromatic heterocycles. The molecular formula is C22H25N7O3. The van der Waals surface area contributed by atoms with Crippen LogP contribution in [0.2, 0.25) is 0 Å². The summed E-state index contributed by atoms with van der Waals surface area (Å²) in [5.41, 5.74) is 12.2. The smallest absolute Gasteiger partial charge is 0.267 e. The van der Waals surface area contributed by atoms with E-state index in [1.807, 2.05) is 44.2 Å². The monoisotopic (exact) mass is 435 g/mol.